The van der Waals surface area contributed by atoms with Crippen molar-refractivity contribution in [2.75, 3.05) is 13.2 Å². The first-order valence-electron chi connectivity index (χ1n) is 32.1. The molecular formula is C65H125NO5. The molecule has 0 spiro atoms. The summed E-state index contributed by atoms with van der Waals surface area (Å²) in [6.45, 7) is 4.95. The summed E-state index contributed by atoms with van der Waals surface area (Å²) in [5.41, 5.74) is 0. The summed E-state index contributed by atoms with van der Waals surface area (Å²) in [5, 5.41) is 23.3. The SMILES string of the molecule is CCCCC/C=C\C/C=C\CCCCCCCCCC(=O)OCCCCCCCCCCCCCCCCCCCCCCC(=O)NC(CO)C(O)CCCCCCCCCCCCCCCCCCC. The second-order valence-corrected chi connectivity index (χ2v) is 22.1. The Kier molecular flexibility index (Phi) is 59.5. The Bertz CT molecular complexity index is 1110. The molecule has 0 aliphatic rings. The lowest BCUT2D eigenvalue weighted by molar-refractivity contribution is -0.143. The first-order chi connectivity index (χ1) is 35.0. The van der Waals surface area contributed by atoms with Crippen molar-refractivity contribution in [2.45, 2.75) is 366 Å². The topological polar surface area (TPSA) is 95.9 Å². The number of aliphatic hydroxyl groups excluding tert-OH is 2. The molecule has 0 fully saturated rings. The lowest BCUT2D eigenvalue weighted by Gasteiger charge is -2.22. The van der Waals surface area contributed by atoms with Gasteiger partial charge in [0.2, 0.25) is 5.91 Å². The van der Waals surface area contributed by atoms with E-state index < -0.39 is 12.1 Å². The van der Waals surface area contributed by atoms with Crippen molar-refractivity contribution in [3.05, 3.63) is 24.3 Å². The molecule has 1 amide bonds. The van der Waals surface area contributed by atoms with Crippen LogP contribution in [0.5, 0.6) is 0 Å². The number of hydrogen-bond acceptors (Lipinski definition) is 5. The number of rotatable bonds is 60. The molecule has 0 radical (unpaired) electrons. The van der Waals surface area contributed by atoms with Crippen molar-refractivity contribution >= 4 is 11.9 Å². The predicted octanol–water partition coefficient (Wildman–Crippen LogP) is 20.2. The van der Waals surface area contributed by atoms with Gasteiger partial charge in [0.25, 0.3) is 0 Å². The summed E-state index contributed by atoms with van der Waals surface area (Å²) < 4.78 is 5.49. The summed E-state index contributed by atoms with van der Waals surface area (Å²) in [6, 6.07) is -0.543. The van der Waals surface area contributed by atoms with Gasteiger partial charge >= 0.3 is 5.97 Å². The minimum atomic E-state index is -0.666. The van der Waals surface area contributed by atoms with Gasteiger partial charge in [-0.3, -0.25) is 9.59 Å². The Morgan fingerprint density at radius 3 is 1.10 bits per heavy atom. The van der Waals surface area contributed by atoms with E-state index in [4.69, 9.17) is 4.74 Å². The van der Waals surface area contributed by atoms with Gasteiger partial charge in [-0.15, -0.1) is 0 Å². The second kappa shape index (κ2) is 60.9. The van der Waals surface area contributed by atoms with Crippen LogP contribution in [0, 0.1) is 0 Å². The van der Waals surface area contributed by atoms with Crippen molar-refractivity contribution in [3.8, 4) is 0 Å². The van der Waals surface area contributed by atoms with Crippen molar-refractivity contribution in [1.82, 2.24) is 5.32 Å². The summed E-state index contributed by atoms with van der Waals surface area (Å²) in [6.07, 6.45) is 74.7. The molecule has 2 atom stereocenters. The number of esters is 1. The molecule has 2 unspecified atom stereocenters. The molecule has 0 aliphatic heterocycles. The molecule has 0 aromatic rings. The van der Waals surface area contributed by atoms with Crippen LogP contribution in [0.15, 0.2) is 24.3 Å². The standard InChI is InChI=1S/C65H125NO5/c1-3-5-7-9-11-13-15-17-19-25-29-33-37-41-45-49-53-57-63(68)62(61-67)66-64(69)58-54-50-46-42-38-34-30-27-23-21-22-24-28-32-36-40-44-48-52-56-60-71-65(70)59-55-51-47-43-39-35-31-26-20-18-16-14-12-10-8-6-4-2/h12,14,18,20,62-63,67-68H,3-11,13,15-17,19,21-61H2,1-2H3,(H,66,69)/b14-12-,20-18-. The van der Waals surface area contributed by atoms with Crippen LogP contribution < -0.4 is 5.32 Å². The number of nitrogens with one attached hydrogen (secondary N) is 1. The number of unbranched alkanes of at least 4 members (excludes halogenated alkanes) is 45. The van der Waals surface area contributed by atoms with Crippen molar-refractivity contribution in [3.63, 3.8) is 0 Å². The zero-order valence-corrected chi connectivity index (χ0v) is 48.0. The molecule has 0 aromatic heterocycles. The lowest BCUT2D eigenvalue weighted by Crippen LogP contribution is -2.45. The highest BCUT2D eigenvalue weighted by Gasteiger charge is 2.20. The zero-order chi connectivity index (χ0) is 51.4. The number of hydrogen-bond donors (Lipinski definition) is 3. The van der Waals surface area contributed by atoms with Gasteiger partial charge in [-0.05, 0) is 57.8 Å². The quantitative estimate of drug-likeness (QED) is 0.0320. The summed E-state index contributed by atoms with van der Waals surface area (Å²) in [4.78, 5) is 24.6. The second-order valence-electron chi connectivity index (χ2n) is 22.1. The molecule has 0 saturated carbocycles. The Morgan fingerprint density at radius 2 is 0.704 bits per heavy atom. The smallest absolute Gasteiger partial charge is 0.305 e. The normalized spacial score (nSPS) is 12.7. The predicted molar refractivity (Wildman–Crippen MR) is 310 cm³/mol. The highest BCUT2D eigenvalue weighted by molar-refractivity contribution is 5.76. The van der Waals surface area contributed by atoms with E-state index in [2.05, 4.69) is 43.5 Å². The van der Waals surface area contributed by atoms with Gasteiger partial charge in [0.05, 0.1) is 25.4 Å². The molecule has 0 aliphatic carbocycles. The Labute approximate surface area is 443 Å². The van der Waals surface area contributed by atoms with Gasteiger partial charge in [-0.1, -0.05) is 308 Å². The van der Waals surface area contributed by atoms with E-state index in [1.54, 1.807) is 0 Å². The molecule has 0 heterocycles. The van der Waals surface area contributed by atoms with Gasteiger partial charge in [-0.2, -0.15) is 0 Å². The minimum absolute atomic E-state index is 0.00353. The molecule has 0 aromatic carbocycles. The van der Waals surface area contributed by atoms with E-state index in [-0.39, 0.29) is 18.5 Å². The molecule has 6 nitrogen and oxygen atoms in total. The zero-order valence-electron chi connectivity index (χ0n) is 48.0. The van der Waals surface area contributed by atoms with Crippen LogP contribution in [0.3, 0.4) is 0 Å². The van der Waals surface area contributed by atoms with E-state index in [0.29, 0.717) is 25.9 Å². The number of amides is 1. The Morgan fingerprint density at radius 1 is 0.394 bits per heavy atom. The van der Waals surface area contributed by atoms with Crippen LogP contribution in [0.2, 0.25) is 0 Å². The fraction of sp³-hybridized carbons (Fsp3) is 0.908. The van der Waals surface area contributed by atoms with Crippen LogP contribution in [-0.2, 0) is 14.3 Å². The highest BCUT2D eigenvalue weighted by atomic mass is 16.5. The van der Waals surface area contributed by atoms with Crippen LogP contribution in [0.4, 0.5) is 0 Å². The first kappa shape index (κ1) is 69.3. The molecule has 3 N–H and O–H groups in total. The van der Waals surface area contributed by atoms with Gasteiger partial charge in [-0.25, -0.2) is 0 Å². The molecule has 0 rings (SSSR count). The molecule has 0 saturated heterocycles. The summed E-state index contributed by atoms with van der Waals surface area (Å²) in [5.74, 6) is -0.0306. The molecule has 0 bridgehead atoms. The first-order valence-corrected chi connectivity index (χ1v) is 32.1. The van der Waals surface area contributed by atoms with Gasteiger partial charge in [0.15, 0.2) is 0 Å². The monoisotopic (exact) mass is 1000 g/mol. The fourth-order valence-electron chi connectivity index (χ4n) is 10.1. The van der Waals surface area contributed by atoms with Crippen molar-refractivity contribution in [1.29, 1.82) is 0 Å². The van der Waals surface area contributed by atoms with E-state index in [9.17, 15) is 19.8 Å². The highest BCUT2D eigenvalue weighted by Crippen LogP contribution is 2.18. The van der Waals surface area contributed by atoms with Crippen molar-refractivity contribution in [2.24, 2.45) is 0 Å². The molecule has 420 valence electrons. The van der Waals surface area contributed by atoms with Crippen LogP contribution in [-0.4, -0.2) is 47.4 Å². The molecule has 6 heteroatoms. The van der Waals surface area contributed by atoms with E-state index >= 15 is 0 Å². The molecule has 71 heavy (non-hydrogen) atoms. The number of carbonyl (C=O) groups is 2. The summed E-state index contributed by atoms with van der Waals surface area (Å²) in [7, 11) is 0. The number of aliphatic hydroxyl groups is 2. The third-order valence-corrected chi connectivity index (χ3v) is 15.0. The third kappa shape index (κ3) is 57.5. The third-order valence-electron chi connectivity index (χ3n) is 15.0. The number of ether oxygens (including phenoxy) is 1. The maximum absolute atomic E-state index is 12.5. The molecular weight excluding hydrogens is 875 g/mol. The average Bonchev–Trinajstić information content (AvgIpc) is 3.37. The van der Waals surface area contributed by atoms with E-state index in [1.165, 1.54) is 270 Å². The van der Waals surface area contributed by atoms with E-state index in [0.717, 1.165) is 51.4 Å². The van der Waals surface area contributed by atoms with Gasteiger partial charge < -0.3 is 20.3 Å². The van der Waals surface area contributed by atoms with Gasteiger partial charge in [0.1, 0.15) is 0 Å². The van der Waals surface area contributed by atoms with Crippen molar-refractivity contribution < 1.29 is 24.5 Å². The Hall–Kier alpha value is -1.66. The number of carbonyl (C=O) groups excluding carboxylic acids is 2. The maximum atomic E-state index is 12.5. The van der Waals surface area contributed by atoms with E-state index in [1.807, 2.05) is 0 Å². The van der Waals surface area contributed by atoms with Crippen LogP contribution in [0.1, 0.15) is 354 Å². The lowest BCUT2D eigenvalue weighted by atomic mass is 10.0. The fourth-order valence-corrected chi connectivity index (χ4v) is 10.1. The Balaban J connectivity index is 3.39. The number of allylic oxidation sites excluding steroid dienone is 4. The van der Waals surface area contributed by atoms with Crippen LogP contribution >= 0.6 is 0 Å². The largest absolute Gasteiger partial charge is 0.466 e. The summed E-state index contributed by atoms with van der Waals surface area (Å²) >= 11 is 0. The van der Waals surface area contributed by atoms with Crippen LogP contribution in [0.25, 0.3) is 0 Å². The minimum Gasteiger partial charge on any atom is -0.466 e. The van der Waals surface area contributed by atoms with Gasteiger partial charge in [0, 0.05) is 12.8 Å². The maximum Gasteiger partial charge on any atom is 0.305 e. The average molecular weight is 1000 g/mol.